The summed E-state index contributed by atoms with van der Waals surface area (Å²) in [5, 5.41) is 4.91. The summed E-state index contributed by atoms with van der Waals surface area (Å²) in [6.45, 7) is 11.0. The van der Waals surface area contributed by atoms with Crippen LogP contribution in [0.15, 0.2) is 72.8 Å². The highest BCUT2D eigenvalue weighted by Gasteiger charge is 2.27. The zero-order valence-electron chi connectivity index (χ0n) is 27.3. The van der Waals surface area contributed by atoms with E-state index in [-0.39, 0.29) is 5.91 Å². The lowest BCUT2D eigenvalue weighted by Crippen LogP contribution is -2.36. The zero-order valence-corrected chi connectivity index (χ0v) is 28.8. The van der Waals surface area contributed by atoms with Crippen LogP contribution in [-0.2, 0) is 37.2 Å². The molecular formula is C38H46Cl2N4O2. The van der Waals surface area contributed by atoms with Gasteiger partial charge in [0.25, 0.3) is 5.91 Å². The maximum Gasteiger partial charge on any atom is 0.254 e. The van der Waals surface area contributed by atoms with E-state index >= 15 is 0 Å². The standard InChI is InChI=1S/C31H29Cl2N3O.C5H11NO.C2H6/c32-24-8-11-26(12-9-24)34-19-23-17-30(36-15-4-3-7-29(23)36)28-18-25(33)10-13-27(28)31(37)35-16-14-21-5-1-2-6-22(21)20-35;1-6-2-4-7-5-3-6;1-2/h1-2,5-6,8-13,17-18,34H,3-4,7,14-16,19-20H2;2-5H2,1H3;1-2H3. The zero-order chi connectivity index (χ0) is 32.5. The molecule has 4 heterocycles. The van der Waals surface area contributed by atoms with Gasteiger partial charge in [-0.25, -0.2) is 0 Å². The third-order valence-electron chi connectivity index (χ3n) is 8.81. The van der Waals surface area contributed by atoms with Crippen LogP contribution in [0.1, 0.15) is 59.4 Å². The number of morpholine rings is 1. The molecule has 8 heteroatoms. The largest absolute Gasteiger partial charge is 0.381 e. The fourth-order valence-corrected chi connectivity index (χ4v) is 6.61. The van der Waals surface area contributed by atoms with Crippen molar-refractivity contribution >= 4 is 34.8 Å². The Bertz CT molecular complexity index is 1590. The second-order valence-electron chi connectivity index (χ2n) is 11.8. The molecule has 3 aliphatic heterocycles. The second kappa shape index (κ2) is 16.5. The Morgan fingerprint density at radius 2 is 1.54 bits per heavy atom. The van der Waals surface area contributed by atoms with Crippen LogP contribution >= 0.6 is 23.2 Å². The van der Waals surface area contributed by atoms with Crippen LogP contribution in [0.25, 0.3) is 11.3 Å². The Hall–Kier alpha value is -3.29. The normalized spacial score (nSPS) is 15.8. The van der Waals surface area contributed by atoms with E-state index in [1.165, 1.54) is 28.8 Å². The Labute approximate surface area is 284 Å². The van der Waals surface area contributed by atoms with Crippen molar-refractivity contribution in [2.75, 3.05) is 45.2 Å². The summed E-state index contributed by atoms with van der Waals surface area (Å²) in [4.78, 5) is 18.1. The summed E-state index contributed by atoms with van der Waals surface area (Å²) < 4.78 is 7.50. The molecule has 0 unspecified atom stereocenters. The van der Waals surface area contributed by atoms with Crippen molar-refractivity contribution in [2.45, 2.75) is 59.2 Å². The van der Waals surface area contributed by atoms with Crippen molar-refractivity contribution in [1.82, 2.24) is 14.4 Å². The summed E-state index contributed by atoms with van der Waals surface area (Å²) in [7, 11) is 2.11. The number of rotatable bonds is 5. The molecule has 46 heavy (non-hydrogen) atoms. The molecule has 1 aromatic heterocycles. The van der Waals surface area contributed by atoms with Crippen LogP contribution in [0.4, 0.5) is 5.69 Å². The van der Waals surface area contributed by atoms with Crippen molar-refractivity contribution in [3.05, 3.63) is 111 Å². The van der Waals surface area contributed by atoms with E-state index in [9.17, 15) is 4.79 Å². The highest BCUT2D eigenvalue weighted by Crippen LogP contribution is 2.35. The van der Waals surface area contributed by atoms with Gasteiger partial charge in [-0.1, -0.05) is 61.3 Å². The molecule has 0 atom stereocenters. The molecule has 1 amide bonds. The number of carbonyl (C=O) groups is 1. The Balaban J connectivity index is 0.000000406. The summed E-state index contributed by atoms with van der Waals surface area (Å²) in [5.41, 5.74) is 8.90. The van der Waals surface area contributed by atoms with Crippen LogP contribution in [0.2, 0.25) is 10.0 Å². The van der Waals surface area contributed by atoms with E-state index in [0.29, 0.717) is 23.7 Å². The van der Waals surface area contributed by atoms with Gasteiger partial charge in [0.1, 0.15) is 0 Å². The molecule has 0 aliphatic carbocycles. The minimum atomic E-state index is 0.0633. The number of aromatic nitrogens is 1. The topological polar surface area (TPSA) is 49.7 Å². The van der Waals surface area contributed by atoms with E-state index in [0.717, 1.165) is 80.6 Å². The lowest BCUT2D eigenvalue weighted by molar-refractivity contribution is 0.0503. The number of carbonyl (C=O) groups excluding carboxylic acids is 1. The van der Waals surface area contributed by atoms with Gasteiger partial charge in [0, 0.05) is 77.5 Å². The van der Waals surface area contributed by atoms with Crippen molar-refractivity contribution in [3.63, 3.8) is 0 Å². The molecule has 0 spiro atoms. The SMILES string of the molecule is CC.CN1CCOCC1.O=C(c1ccc(Cl)cc1-c1cc(CNc2ccc(Cl)cc2)c2n1CCCC2)N1CCc2ccccc2C1. The average molecular weight is 662 g/mol. The van der Waals surface area contributed by atoms with Gasteiger partial charge in [0.05, 0.1) is 13.2 Å². The molecule has 7 rings (SSSR count). The monoisotopic (exact) mass is 660 g/mol. The first-order valence-electron chi connectivity index (χ1n) is 16.6. The Morgan fingerprint density at radius 3 is 2.26 bits per heavy atom. The first-order chi connectivity index (χ1) is 22.5. The number of likely N-dealkylation sites (N-methyl/N-ethyl adjacent to an activating group) is 1. The quantitative estimate of drug-likeness (QED) is 0.233. The second-order valence-corrected chi connectivity index (χ2v) is 12.7. The molecule has 0 saturated carbocycles. The summed E-state index contributed by atoms with van der Waals surface area (Å²) in [5.74, 6) is 0.0633. The number of ether oxygens (including phenoxy) is 1. The third kappa shape index (κ3) is 8.34. The minimum absolute atomic E-state index is 0.0633. The molecule has 0 radical (unpaired) electrons. The first kappa shape index (κ1) is 34.1. The van der Waals surface area contributed by atoms with E-state index < -0.39 is 0 Å². The van der Waals surface area contributed by atoms with Crippen molar-refractivity contribution < 1.29 is 9.53 Å². The van der Waals surface area contributed by atoms with Crippen molar-refractivity contribution in [3.8, 4) is 11.3 Å². The van der Waals surface area contributed by atoms with Crippen LogP contribution < -0.4 is 5.32 Å². The maximum atomic E-state index is 13.9. The fourth-order valence-electron chi connectivity index (χ4n) is 6.31. The summed E-state index contributed by atoms with van der Waals surface area (Å²) >= 11 is 12.6. The van der Waals surface area contributed by atoms with Gasteiger partial charge in [-0.15, -0.1) is 0 Å². The van der Waals surface area contributed by atoms with Gasteiger partial charge in [0.2, 0.25) is 0 Å². The van der Waals surface area contributed by atoms with E-state index in [1.54, 1.807) is 0 Å². The molecule has 1 saturated heterocycles. The predicted molar refractivity (Wildman–Crippen MR) is 191 cm³/mol. The van der Waals surface area contributed by atoms with Crippen molar-refractivity contribution in [2.24, 2.45) is 0 Å². The number of amides is 1. The number of nitrogens with zero attached hydrogens (tertiary/aromatic N) is 3. The van der Waals surface area contributed by atoms with Gasteiger partial charge in [0.15, 0.2) is 0 Å². The van der Waals surface area contributed by atoms with Gasteiger partial charge in [-0.3, -0.25) is 4.79 Å². The number of benzene rings is 3. The number of fused-ring (bicyclic) bond motifs is 2. The van der Waals surface area contributed by atoms with Gasteiger partial charge >= 0.3 is 0 Å². The average Bonchev–Trinajstić information content (AvgIpc) is 3.47. The van der Waals surface area contributed by atoms with Crippen LogP contribution in [0, 0.1) is 0 Å². The molecule has 4 aromatic rings. The van der Waals surface area contributed by atoms with Gasteiger partial charge < -0.3 is 24.4 Å². The Morgan fingerprint density at radius 1 is 0.826 bits per heavy atom. The van der Waals surface area contributed by atoms with Crippen molar-refractivity contribution in [1.29, 1.82) is 0 Å². The number of hydrogen-bond donors (Lipinski definition) is 1. The Kier molecular flexibility index (Phi) is 12.2. The molecule has 1 fully saturated rings. The highest BCUT2D eigenvalue weighted by atomic mass is 35.5. The van der Waals surface area contributed by atoms with Gasteiger partial charge in [-0.05, 0) is 98.0 Å². The summed E-state index contributed by atoms with van der Waals surface area (Å²) in [6.07, 6.45) is 4.22. The van der Waals surface area contributed by atoms with Crippen LogP contribution in [-0.4, -0.2) is 60.2 Å². The molecule has 3 aliphatic rings. The molecule has 6 nitrogen and oxygen atoms in total. The first-order valence-corrected chi connectivity index (χ1v) is 17.3. The highest BCUT2D eigenvalue weighted by molar-refractivity contribution is 6.31. The predicted octanol–water partition coefficient (Wildman–Crippen LogP) is 8.58. The molecular weight excluding hydrogens is 615 g/mol. The molecule has 1 N–H and O–H groups in total. The molecule has 3 aromatic carbocycles. The maximum absolute atomic E-state index is 13.9. The number of halogens is 2. The summed E-state index contributed by atoms with van der Waals surface area (Å²) in [6, 6.07) is 24.1. The van der Waals surface area contributed by atoms with E-state index in [2.05, 4.69) is 46.1 Å². The number of anilines is 1. The number of nitrogens with one attached hydrogen (secondary N) is 1. The molecule has 244 valence electrons. The lowest BCUT2D eigenvalue weighted by Gasteiger charge is -2.30. The van der Waals surface area contributed by atoms with Crippen LogP contribution in [0.3, 0.4) is 0 Å². The number of hydrogen-bond acceptors (Lipinski definition) is 4. The lowest BCUT2D eigenvalue weighted by atomic mass is 9.97. The van der Waals surface area contributed by atoms with Gasteiger partial charge in [-0.2, -0.15) is 0 Å². The van der Waals surface area contributed by atoms with E-state index in [4.69, 9.17) is 27.9 Å². The molecule has 0 bridgehead atoms. The van der Waals surface area contributed by atoms with E-state index in [1.807, 2.05) is 67.3 Å². The van der Waals surface area contributed by atoms with Crippen LogP contribution in [0.5, 0.6) is 0 Å². The third-order valence-corrected chi connectivity index (χ3v) is 9.30. The fraction of sp³-hybridized carbons (Fsp3) is 0.395. The minimum Gasteiger partial charge on any atom is -0.381 e. The smallest absolute Gasteiger partial charge is 0.254 e.